The first kappa shape index (κ1) is 28.9. The number of carbonyl (C=O) groups is 2. The number of fused-ring (bicyclic) bond motifs is 1. The Morgan fingerprint density at radius 2 is 1.87 bits per heavy atom. The van der Waals surface area contributed by atoms with Crippen LogP contribution in [-0.2, 0) is 22.6 Å². The van der Waals surface area contributed by atoms with E-state index in [-0.39, 0.29) is 13.0 Å². The number of carbonyl (C=O) groups excluding carboxylic acids is 2. The van der Waals surface area contributed by atoms with E-state index in [1.165, 1.54) is 25.3 Å². The maximum Gasteiger partial charge on any atom is 0.243 e. The highest BCUT2D eigenvalue weighted by Gasteiger charge is 2.25. The van der Waals surface area contributed by atoms with Crippen molar-refractivity contribution in [2.45, 2.75) is 63.6 Å². The second kappa shape index (κ2) is 13.8. The molecular formula is C28H35ClF2N6O2. The topological polar surface area (TPSA) is 116 Å². The SMILES string of the molecule is N[C@H](CCCCN1CCCCC1)C(=O)N[C@@H](Cc1ccc(F)c(F)c1)C(=O)NCc1cnc2[nH]cc(Cl)c2c1. The third-order valence-corrected chi connectivity index (χ3v) is 7.40. The van der Waals surface area contributed by atoms with Crippen LogP contribution in [0.25, 0.3) is 11.0 Å². The van der Waals surface area contributed by atoms with Crippen molar-refractivity contribution in [2.24, 2.45) is 5.73 Å². The molecule has 0 bridgehead atoms. The van der Waals surface area contributed by atoms with Crippen molar-refractivity contribution in [1.82, 2.24) is 25.5 Å². The molecule has 4 rings (SSSR count). The number of aromatic nitrogens is 2. The van der Waals surface area contributed by atoms with Crippen LogP contribution < -0.4 is 16.4 Å². The van der Waals surface area contributed by atoms with E-state index in [2.05, 4.69) is 25.5 Å². The normalized spacial score (nSPS) is 15.7. The molecule has 0 saturated carbocycles. The van der Waals surface area contributed by atoms with Crippen molar-refractivity contribution in [1.29, 1.82) is 0 Å². The number of H-pyrrole nitrogens is 1. The Labute approximate surface area is 231 Å². The average Bonchev–Trinajstić information content (AvgIpc) is 3.31. The summed E-state index contributed by atoms with van der Waals surface area (Å²) in [5.74, 6) is -2.95. The molecule has 2 amide bonds. The highest BCUT2D eigenvalue weighted by molar-refractivity contribution is 6.35. The molecule has 2 aromatic heterocycles. The van der Waals surface area contributed by atoms with Crippen molar-refractivity contribution < 1.29 is 18.4 Å². The molecule has 1 aromatic carbocycles. The lowest BCUT2D eigenvalue weighted by molar-refractivity contribution is -0.129. The van der Waals surface area contributed by atoms with E-state index in [9.17, 15) is 18.4 Å². The third-order valence-electron chi connectivity index (χ3n) is 7.09. The lowest BCUT2D eigenvalue weighted by Gasteiger charge is -2.26. The van der Waals surface area contributed by atoms with Gasteiger partial charge in [0.2, 0.25) is 11.8 Å². The number of hydrogen-bond donors (Lipinski definition) is 4. The van der Waals surface area contributed by atoms with Crippen LogP contribution in [0.4, 0.5) is 8.78 Å². The van der Waals surface area contributed by atoms with Gasteiger partial charge in [0.15, 0.2) is 11.6 Å². The standard InChI is InChI=1S/C28H35ClF2N6O2/c29-21-17-34-26-20(21)12-19(15-33-26)16-35-28(39)25(14-18-7-8-22(30)23(31)13-18)36-27(38)24(32)6-2-5-11-37-9-3-1-4-10-37/h7-8,12-13,15,17,24-25H,1-6,9-11,14,16,32H2,(H,33,34)(H,35,39)(H,36,38)/t24-,25+/m1/s1. The zero-order valence-corrected chi connectivity index (χ0v) is 22.6. The Morgan fingerprint density at radius 1 is 1.08 bits per heavy atom. The van der Waals surface area contributed by atoms with Gasteiger partial charge in [-0.2, -0.15) is 0 Å². The predicted molar refractivity (Wildman–Crippen MR) is 147 cm³/mol. The second-order valence-corrected chi connectivity index (χ2v) is 10.5. The van der Waals surface area contributed by atoms with E-state index in [1.54, 1.807) is 12.4 Å². The van der Waals surface area contributed by atoms with E-state index < -0.39 is 35.5 Å². The number of hydrogen-bond acceptors (Lipinski definition) is 5. The number of rotatable bonds is 12. The molecule has 3 aromatic rings. The number of nitrogens with zero attached hydrogens (tertiary/aromatic N) is 2. The molecule has 0 spiro atoms. The van der Waals surface area contributed by atoms with Gasteiger partial charge < -0.3 is 26.3 Å². The number of benzene rings is 1. The lowest BCUT2D eigenvalue weighted by Crippen LogP contribution is -2.52. The van der Waals surface area contributed by atoms with Gasteiger partial charge in [0.25, 0.3) is 0 Å². The largest absolute Gasteiger partial charge is 0.350 e. The summed E-state index contributed by atoms with van der Waals surface area (Å²) in [6.45, 7) is 3.37. The number of aromatic amines is 1. The lowest BCUT2D eigenvalue weighted by atomic mass is 10.0. The second-order valence-electron chi connectivity index (χ2n) is 10.1. The van der Waals surface area contributed by atoms with E-state index >= 15 is 0 Å². The summed E-state index contributed by atoms with van der Waals surface area (Å²) in [5.41, 5.74) is 7.86. The molecule has 39 heavy (non-hydrogen) atoms. The molecule has 1 aliphatic rings. The number of likely N-dealkylation sites (tertiary alicyclic amines) is 1. The van der Waals surface area contributed by atoms with Crippen molar-refractivity contribution in [3.05, 3.63) is 64.4 Å². The Morgan fingerprint density at radius 3 is 2.64 bits per heavy atom. The predicted octanol–water partition coefficient (Wildman–Crippen LogP) is 3.82. The van der Waals surface area contributed by atoms with Gasteiger partial charge in [-0.05, 0) is 74.6 Å². The first-order valence-corrected chi connectivity index (χ1v) is 13.8. The minimum Gasteiger partial charge on any atom is -0.350 e. The Hall–Kier alpha value is -3.08. The highest BCUT2D eigenvalue weighted by atomic mass is 35.5. The molecule has 11 heteroatoms. The first-order valence-electron chi connectivity index (χ1n) is 13.4. The number of nitrogens with two attached hydrogens (primary N) is 1. The van der Waals surface area contributed by atoms with Gasteiger partial charge in [0.1, 0.15) is 11.7 Å². The zero-order valence-electron chi connectivity index (χ0n) is 21.8. The van der Waals surface area contributed by atoms with Gasteiger partial charge >= 0.3 is 0 Å². The number of unbranched alkanes of at least 4 members (excludes halogenated alkanes) is 1. The summed E-state index contributed by atoms with van der Waals surface area (Å²) >= 11 is 6.17. The minimum atomic E-state index is -1.03. The molecule has 210 valence electrons. The van der Waals surface area contributed by atoms with Gasteiger partial charge in [-0.3, -0.25) is 9.59 Å². The summed E-state index contributed by atoms with van der Waals surface area (Å²) in [6, 6.07) is 3.40. The van der Waals surface area contributed by atoms with E-state index in [0.717, 1.165) is 50.0 Å². The molecule has 1 fully saturated rings. The average molecular weight is 561 g/mol. The van der Waals surface area contributed by atoms with Crippen LogP contribution >= 0.6 is 11.6 Å². The molecule has 1 saturated heterocycles. The van der Waals surface area contributed by atoms with Gasteiger partial charge in [-0.1, -0.05) is 30.5 Å². The molecule has 2 atom stereocenters. The number of halogens is 3. The molecule has 5 N–H and O–H groups in total. The molecule has 0 unspecified atom stereocenters. The fourth-order valence-electron chi connectivity index (χ4n) is 4.83. The number of pyridine rings is 1. The molecular weight excluding hydrogens is 526 g/mol. The Kier molecular flexibility index (Phi) is 10.2. The van der Waals surface area contributed by atoms with Crippen molar-refractivity contribution >= 4 is 34.4 Å². The Bertz CT molecular complexity index is 1280. The van der Waals surface area contributed by atoms with Gasteiger partial charge in [0, 0.05) is 30.7 Å². The monoisotopic (exact) mass is 560 g/mol. The summed E-state index contributed by atoms with van der Waals surface area (Å²) in [5, 5.41) is 6.75. The minimum absolute atomic E-state index is 0.0304. The summed E-state index contributed by atoms with van der Waals surface area (Å²) in [6.07, 6.45) is 9.19. The van der Waals surface area contributed by atoms with Gasteiger partial charge in [-0.15, -0.1) is 0 Å². The third kappa shape index (κ3) is 8.20. The van der Waals surface area contributed by atoms with Crippen LogP contribution in [0.5, 0.6) is 0 Å². The molecule has 0 radical (unpaired) electrons. The smallest absolute Gasteiger partial charge is 0.243 e. The summed E-state index contributed by atoms with van der Waals surface area (Å²) in [7, 11) is 0. The van der Waals surface area contributed by atoms with E-state index in [1.807, 2.05) is 6.07 Å². The zero-order chi connectivity index (χ0) is 27.8. The van der Waals surface area contributed by atoms with Crippen LogP contribution in [0.3, 0.4) is 0 Å². The first-order chi connectivity index (χ1) is 18.8. The fourth-order valence-corrected chi connectivity index (χ4v) is 5.03. The summed E-state index contributed by atoms with van der Waals surface area (Å²) in [4.78, 5) is 35.7. The van der Waals surface area contributed by atoms with Crippen LogP contribution in [0.15, 0.2) is 36.7 Å². The maximum absolute atomic E-state index is 13.8. The molecule has 8 nitrogen and oxygen atoms in total. The number of piperidine rings is 1. The molecule has 1 aliphatic heterocycles. The molecule has 3 heterocycles. The van der Waals surface area contributed by atoms with Crippen LogP contribution in [0.2, 0.25) is 5.02 Å². The Balaban J connectivity index is 1.35. The van der Waals surface area contributed by atoms with Gasteiger partial charge in [-0.25, -0.2) is 13.8 Å². The van der Waals surface area contributed by atoms with Crippen molar-refractivity contribution in [3.63, 3.8) is 0 Å². The quantitative estimate of drug-likeness (QED) is 0.251. The van der Waals surface area contributed by atoms with Crippen LogP contribution in [0.1, 0.15) is 49.7 Å². The highest BCUT2D eigenvalue weighted by Crippen LogP contribution is 2.22. The molecule has 0 aliphatic carbocycles. The van der Waals surface area contributed by atoms with Crippen molar-refractivity contribution in [3.8, 4) is 0 Å². The number of amides is 2. The van der Waals surface area contributed by atoms with Gasteiger partial charge in [0.05, 0.1) is 11.1 Å². The van der Waals surface area contributed by atoms with E-state index in [4.69, 9.17) is 17.3 Å². The fraction of sp³-hybridized carbons (Fsp3) is 0.464. The van der Waals surface area contributed by atoms with Crippen LogP contribution in [0, 0.1) is 11.6 Å². The van der Waals surface area contributed by atoms with Crippen LogP contribution in [-0.4, -0.2) is 58.4 Å². The summed E-state index contributed by atoms with van der Waals surface area (Å²) < 4.78 is 27.3. The van der Waals surface area contributed by atoms with Crippen molar-refractivity contribution in [2.75, 3.05) is 19.6 Å². The number of nitrogens with one attached hydrogen (secondary N) is 3. The maximum atomic E-state index is 13.8. The van der Waals surface area contributed by atoms with E-state index in [0.29, 0.717) is 28.2 Å².